The van der Waals surface area contributed by atoms with E-state index in [2.05, 4.69) is 20.0 Å². The number of benzene rings is 1. The van der Waals surface area contributed by atoms with Crippen molar-refractivity contribution in [2.75, 3.05) is 18.5 Å². The van der Waals surface area contributed by atoms with Crippen LogP contribution in [0.5, 0.6) is 0 Å². The second-order valence-corrected chi connectivity index (χ2v) is 3.63. The van der Waals surface area contributed by atoms with Gasteiger partial charge in [0.05, 0.1) is 18.3 Å². The summed E-state index contributed by atoms with van der Waals surface area (Å²) in [5, 5.41) is 24.4. The molecule has 6 nitrogen and oxygen atoms in total. The SMILES string of the molecule is OCC(O)CNc1cccc(F)c1-c1ncon1. The highest BCUT2D eigenvalue weighted by atomic mass is 19.1. The Hall–Kier alpha value is -1.99. The summed E-state index contributed by atoms with van der Waals surface area (Å²) in [6.45, 7) is -0.287. The number of nitrogens with zero attached hydrogens (tertiary/aromatic N) is 2. The molecule has 1 aromatic heterocycles. The fourth-order valence-electron chi connectivity index (χ4n) is 1.47. The van der Waals surface area contributed by atoms with Gasteiger partial charge in [-0.3, -0.25) is 0 Å². The summed E-state index contributed by atoms with van der Waals surface area (Å²) in [5.41, 5.74) is 0.584. The first-order valence-electron chi connectivity index (χ1n) is 5.30. The normalized spacial score (nSPS) is 12.4. The molecule has 0 amide bonds. The third kappa shape index (κ3) is 2.63. The van der Waals surface area contributed by atoms with Crippen molar-refractivity contribution in [3.8, 4) is 11.4 Å². The maximum absolute atomic E-state index is 13.7. The van der Waals surface area contributed by atoms with Crippen LogP contribution in [0.25, 0.3) is 11.4 Å². The van der Waals surface area contributed by atoms with Crippen molar-refractivity contribution >= 4 is 5.69 Å². The number of hydrogen-bond acceptors (Lipinski definition) is 6. The lowest BCUT2D eigenvalue weighted by Crippen LogP contribution is -2.23. The highest BCUT2D eigenvalue weighted by Gasteiger charge is 2.15. The van der Waals surface area contributed by atoms with Crippen LogP contribution in [0.4, 0.5) is 10.1 Å². The quantitative estimate of drug-likeness (QED) is 0.724. The second kappa shape index (κ2) is 5.56. The van der Waals surface area contributed by atoms with Gasteiger partial charge in [0.2, 0.25) is 12.2 Å². The van der Waals surface area contributed by atoms with Crippen LogP contribution < -0.4 is 5.32 Å². The lowest BCUT2D eigenvalue weighted by Gasteiger charge is -2.13. The maximum atomic E-state index is 13.7. The number of aliphatic hydroxyl groups is 2. The highest BCUT2D eigenvalue weighted by molar-refractivity contribution is 5.73. The summed E-state index contributed by atoms with van der Waals surface area (Å²) in [6, 6.07) is 4.42. The van der Waals surface area contributed by atoms with Gasteiger partial charge in [-0.2, -0.15) is 4.98 Å². The van der Waals surface area contributed by atoms with Crippen LogP contribution >= 0.6 is 0 Å². The van der Waals surface area contributed by atoms with Gasteiger partial charge >= 0.3 is 0 Å². The Labute approximate surface area is 102 Å². The molecule has 1 atom stereocenters. The molecule has 0 aliphatic rings. The first kappa shape index (κ1) is 12.5. The number of hydrogen-bond donors (Lipinski definition) is 3. The van der Waals surface area contributed by atoms with Crippen LogP contribution in [0, 0.1) is 5.82 Å². The van der Waals surface area contributed by atoms with E-state index in [1.807, 2.05) is 0 Å². The minimum Gasteiger partial charge on any atom is -0.394 e. The minimum absolute atomic E-state index is 0.0881. The van der Waals surface area contributed by atoms with E-state index in [0.29, 0.717) is 5.69 Å². The number of halogens is 1. The molecule has 0 aliphatic carbocycles. The van der Waals surface area contributed by atoms with Crippen molar-refractivity contribution in [3.05, 3.63) is 30.4 Å². The summed E-state index contributed by atoms with van der Waals surface area (Å²) >= 11 is 0. The van der Waals surface area contributed by atoms with Crippen molar-refractivity contribution in [3.63, 3.8) is 0 Å². The zero-order valence-corrected chi connectivity index (χ0v) is 9.38. The van der Waals surface area contributed by atoms with Crippen LogP contribution in [0.15, 0.2) is 29.1 Å². The molecule has 1 unspecified atom stereocenters. The summed E-state index contributed by atoms with van der Waals surface area (Å²) in [7, 11) is 0. The molecule has 0 fully saturated rings. The van der Waals surface area contributed by atoms with Gasteiger partial charge in [0.1, 0.15) is 5.82 Å². The van der Waals surface area contributed by atoms with Gasteiger partial charge in [-0.05, 0) is 12.1 Å². The summed E-state index contributed by atoms with van der Waals surface area (Å²) < 4.78 is 18.3. The number of rotatable bonds is 5. The molecule has 7 heteroatoms. The van der Waals surface area contributed by atoms with Crippen molar-refractivity contribution in [2.24, 2.45) is 0 Å². The van der Waals surface area contributed by atoms with Crippen LogP contribution in [-0.2, 0) is 0 Å². The monoisotopic (exact) mass is 253 g/mol. The van der Waals surface area contributed by atoms with Crippen molar-refractivity contribution in [2.45, 2.75) is 6.10 Å². The lowest BCUT2D eigenvalue weighted by molar-refractivity contribution is 0.105. The standard InChI is InChI=1S/C11H12FN3O3/c12-8-2-1-3-9(13-4-7(17)5-16)10(8)11-14-6-18-15-11/h1-3,6-7,13,16-17H,4-5H2. The average molecular weight is 253 g/mol. The topological polar surface area (TPSA) is 91.4 Å². The van der Waals surface area contributed by atoms with E-state index in [4.69, 9.17) is 5.11 Å². The first-order chi connectivity index (χ1) is 8.72. The minimum atomic E-state index is -0.925. The smallest absolute Gasteiger partial charge is 0.214 e. The Kier molecular flexibility index (Phi) is 3.85. The van der Waals surface area contributed by atoms with E-state index in [1.54, 1.807) is 6.07 Å². The molecule has 96 valence electrons. The molecule has 1 aromatic carbocycles. The summed E-state index contributed by atoms with van der Waals surface area (Å²) in [6.07, 6.45) is 0.181. The second-order valence-electron chi connectivity index (χ2n) is 3.63. The molecule has 1 heterocycles. The molecular formula is C11H12FN3O3. The van der Waals surface area contributed by atoms with Gasteiger partial charge in [-0.1, -0.05) is 11.2 Å². The van der Waals surface area contributed by atoms with E-state index < -0.39 is 11.9 Å². The predicted octanol–water partition coefficient (Wildman–Crippen LogP) is 0.641. The molecule has 0 saturated carbocycles. The van der Waals surface area contributed by atoms with Crippen LogP contribution in [-0.4, -0.2) is 39.6 Å². The number of nitrogens with one attached hydrogen (secondary N) is 1. The van der Waals surface area contributed by atoms with Crippen LogP contribution in [0.1, 0.15) is 0 Å². The van der Waals surface area contributed by atoms with Crippen molar-refractivity contribution in [1.82, 2.24) is 10.1 Å². The van der Waals surface area contributed by atoms with E-state index in [1.165, 1.54) is 12.1 Å². The Morgan fingerprint density at radius 2 is 2.28 bits per heavy atom. The van der Waals surface area contributed by atoms with Crippen LogP contribution in [0.3, 0.4) is 0 Å². The molecule has 0 aliphatic heterocycles. The Bertz CT molecular complexity index is 504. The molecule has 0 bridgehead atoms. The largest absolute Gasteiger partial charge is 0.394 e. The predicted molar refractivity (Wildman–Crippen MR) is 61.3 cm³/mol. The molecule has 0 saturated heterocycles. The Morgan fingerprint density at radius 1 is 1.44 bits per heavy atom. The third-order valence-corrected chi connectivity index (χ3v) is 2.34. The molecule has 0 radical (unpaired) electrons. The fourth-order valence-corrected chi connectivity index (χ4v) is 1.47. The number of aliphatic hydroxyl groups excluding tert-OH is 2. The molecule has 2 rings (SSSR count). The van der Waals surface area contributed by atoms with Gasteiger partial charge < -0.3 is 20.1 Å². The summed E-state index contributed by atoms with van der Waals surface area (Å²) in [4.78, 5) is 3.79. The van der Waals surface area contributed by atoms with E-state index in [-0.39, 0.29) is 24.5 Å². The van der Waals surface area contributed by atoms with Gasteiger partial charge in [-0.15, -0.1) is 0 Å². The van der Waals surface area contributed by atoms with E-state index in [9.17, 15) is 9.50 Å². The van der Waals surface area contributed by atoms with Gasteiger partial charge in [0, 0.05) is 12.2 Å². The molecule has 0 spiro atoms. The zero-order valence-electron chi connectivity index (χ0n) is 9.38. The highest BCUT2D eigenvalue weighted by Crippen LogP contribution is 2.27. The average Bonchev–Trinajstić information content (AvgIpc) is 2.89. The number of aromatic nitrogens is 2. The van der Waals surface area contributed by atoms with Gasteiger partial charge in [0.15, 0.2) is 0 Å². The molecular weight excluding hydrogens is 241 g/mol. The number of anilines is 1. The molecule has 18 heavy (non-hydrogen) atoms. The fraction of sp³-hybridized carbons (Fsp3) is 0.273. The summed E-state index contributed by atoms with van der Waals surface area (Å²) in [5.74, 6) is -0.381. The van der Waals surface area contributed by atoms with Crippen molar-refractivity contribution in [1.29, 1.82) is 0 Å². The third-order valence-electron chi connectivity index (χ3n) is 2.34. The zero-order chi connectivity index (χ0) is 13.0. The van der Waals surface area contributed by atoms with E-state index >= 15 is 0 Å². The maximum Gasteiger partial charge on any atom is 0.214 e. The Morgan fingerprint density at radius 3 is 2.94 bits per heavy atom. The lowest BCUT2D eigenvalue weighted by atomic mass is 10.1. The van der Waals surface area contributed by atoms with E-state index in [0.717, 1.165) is 6.39 Å². The van der Waals surface area contributed by atoms with Crippen molar-refractivity contribution < 1.29 is 19.1 Å². The molecule has 3 N–H and O–H groups in total. The van der Waals surface area contributed by atoms with Gasteiger partial charge in [0.25, 0.3) is 0 Å². The first-order valence-corrected chi connectivity index (χ1v) is 5.30. The van der Waals surface area contributed by atoms with Gasteiger partial charge in [-0.25, -0.2) is 4.39 Å². The Balaban J connectivity index is 2.27. The molecule has 2 aromatic rings. The van der Waals surface area contributed by atoms with Crippen LogP contribution in [0.2, 0.25) is 0 Å².